The van der Waals surface area contributed by atoms with Gasteiger partial charge in [-0.3, -0.25) is 4.79 Å². The van der Waals surface area contributed by atoms with Crippen molar-refractivity contribution >= 4 is 29.0 Å². The van der Waals surface area contributed by atoms with Crippen LogP contribution in [0.3, 0.4) is 0 Å². The van der Waals surface area contributed by atoms with E-state index in [9.17, 15) is 4.79 Å². The number of allylic oxidation sites excluding steroid dienone is 4. The Kier molecular flexibility index (Phi) is 4.29. The van der Waals surface area contributed by atoms with Crippen LogP contribution in [0.2, 0.25) is 0 Å². The highest BCUT2D eigenvalue weighted by molar-refractivity contribution is 6.32. The first kappa shape index (κ1) is 13.1. The molecule has 1 saturated heterocycles. The highest BCUT2D eigenvalue weighted by Gasteiger charge is 2.30. The Labute approximate surface area is 112 Å². The van der Waals surface area contributed by atoms with Crippen molar-refractivity contribution in [2.45, 2.75) is 24.1 Å². The summed E-state index contributed by atoms with van der Waals surface area (Å²) in [6, 6.07) is 0. The fourth-order valence-corrected chi connectivity index (χ4v) is 2.77. The third kappa shape index (κ3) is 2.93. The molecule has 17 heavy (non-hydrogen) atoms. The van der Waals surface area contributed by atoms with Gasteiger partial charge in [0.2, 0.25) is 0 Å². The van der Waals surface area contributed by atoms with Gasteiger partial charge in [-0.1, -0.05) is 25.2 Å². The zero-order valence-electron chi connectivity index (χ0n) is 9.83. The van der Waals surface area contributed by atoms with E-state index in [4.69, 9.17) is 23.2 Å². The number of halogens is 2. The Hall–Kier alpha value is -0.310. The summed E-state index contributed by atoms with van der Waals surface area (Å²) in [5.41, 5.74) is 0.723. The summed E-state index contributed by atoms with van der Waals surface area (Å²) in [6.07, 6.45) is 6.31. The van der Waals surface area contributed by atoms with Crippen LogP contribution in [0.4, 0.5) is 0 Å². The van der Waals surface area contributed by atoms with Crippen molar-refractivity contribution < 1.29 is 4.79 Å². The van der Waals surface area contributed by atoms with Crippen LogP contribution < -0.4 is 5.32 Å². The highest BCUT2D eigenvalue weighted by Crippen LogP contribution is 2.27. The van der Waals surface area contributed by atoms with Gasteiger partial charge in [0.15, 0.2) is 5.78 Å². The highest BCUT2D eigenvalue weighted by atomic mass is 35.5. The van der Waals surface area contributed by atoms with Gasteiger partial charge in [-0.05, 0) is 25.4 Å². The summed E-state index contributed by atoms with van der Waals surface area (Å²) in [6.45, 7) is 3.94. The number of hydrogen-bond donors (Lipinski definition) is 1. The van der Waals surface area contributed by atoms with E-state index in [1.54, 1.807) is 12.2 Å². The molecule has 0 aromatic rings. The van der Waals surface area contributed by atoms with Crippen LogP contribution in [0.25, 0.3) is 0 Å². The van der Waals surface area contributed by atoms with E-state index in [-0.39, 0.29) is 22.5 Å². The number of ketones is 1. The van der Waals surface area contributed by atoms with E-state index in [2.05, 4.69) is 12.2 Å². The number of Topliss-reactive ketones (excluding diaryl/α,β-unsaturated/α-hetero) is 1. The topological polar surface area (TPSA) is 29.1 Å². The van der Waals surface area contributed by atoms with E-state index in [1.807, 2.05) is 6.08 Å². The Bertz CT molecular complexity index is 364. The Balaban J connectivity index is 2.10. The first-order valence-corrected chi connectivity index (χ1v) is 6.90. The average molecular weight is 274 g/mol. The number of carbonyl (C=O) groups is 1. The fourth-order valence-electron chi connectivity index (χ4n) is 2.40. The normalized spacial score (nSPS) is 37.7. The molecule has 2 rings (SSSR count). The molecule has 0 aromatic heterocycles. The monoisotopic (exact) mass is 273 g/mol. The minimum Gasteiger partial charge on any atom is -0.316 e. The molecule has 0 bridgehead atoms. The lowest BCUT2D eigenvalue weighted by Crippen LogP contribution is -2.39. The summed E-state index contributed by atoms with van der Waals surface area (Å²) in [4.78, 5) is 12.4. The summed E-state index contributed by atoms with van der Waals surface area (Å²) in [7, 11) is 0. The van der Waals surface area contributed by atoms with Crippen LogP contribution in [0.5, 0.6) is 0 Å². The maximum absolute atomic E-state index is 12.4. The van der Waals surface area contributed by atoms with Crippen molar-refractivity contribution in [3.63, 3.8) is 0 Å². The van der Waals surface area contributed by atoms with E-state index in [0.717, 1.165) is 25.1 Å². The second-order valence-electron chi connectivity index (χ2n) is 4.81. The lowest BCUT2D eigenvalue weighted by atomic mass is 9.81. The predicted molar refractivity (Wildman–Crippen MR) is 71.7 cm³/mol. The minimum atomic E-state index is -0.280. The number of carbonyl (C=O) groups excluding carboxylic acids is 1. The van der Waals surface area contributed by atoms with Gasteiger partial charge in [0.05, 0.1) is 10.8 Å². The number of alkyl halides is 2. The molecule has 1 aliphatic heterocycles. The lowest BCUT2D eigenvalue weighted by Gasteiger charge is -2.29. The van der Waals surface area contributed by atoms with Gasteiger partial charge in [-0.15, -0.1) is 23.2 Å². The van der Waals surface area contributed by atoms with Crippen LogP contribution >= 0.6 is 23.2 Å². The molecule has 1 fully saturated rings. The van der Waals surface area contributed by atoms with Crippen LogP contribution in [-0.4, -0.2) is 29.6 Å². The average Bonchev–Trinajstić information content (AvgIpc) is 2.32. The molecular weight excluding hydrogens is 257 g/mol. The molecule has 1 N–H and O–H groups in total. The SMILES string of the molecule is C[C@@H]1CNCC[C@H]1C(=O)C1=CC(Cl)C(Cl)C=C1. The smallest absolute Gasteiger partial charge is 0.166 e. The van der Waals surface area contributed by atoms with Crippen molar-refractivity contribution in [2.24, 2.45) is 11.8 Å². The second-order valence-corrected chi connectivity index (χ2v) is 5.82. The molecule has 4 heteroatoms. The van der Waals surface area contributed by atoms with Gasteiger partial charge in [0, 0.05) is 11.5 Å². The van der Waals surface area contributed by atoms with Crippen LogP contribution in [0, 0.1) is 11.8 Å². The summed E-state index contributed by atoms with van der Waals surface area (Å²) in [5, 5.41) is 2.81. The largest absolute Gasteiger partial charge is 0.316 e. The Morgan fingerprint density at radius 2 is 2.18 bits per heavy atom. The molecule has 4 atom stereocenters. The van der Waals surface area contributed by atoms with E-state index in [1.165, 1.54) is 0 Å². The molecule has 2 aliphatic rings. The van der Waals surface area contributed by atoms with Gasteiger partial charge in [-0.2, -0.15) is 0 Å². The molecule has 1 heterocycles. The molecule has 0 radical (unpaired) electrons. The van der Waals surface area contributed by atoms with Crippen molar-refractivity contribution in [2.75, 3.05) is 13.1 Å². The number of rotatable bonds is 2. The van der Waals surface area contributed by atoms with Crippen molar-refractivity contribution in [3.05, 3.63) is 23.8 Å². The maximum atomic E-state index is 12.4. The molecular formula is C13H17Cl2NO. The van der Waals surface area contributed by atoms with Gasteiger partial charge in [0.1, 0.15) is 0 Å². The summed E-state index contributed by atoms with van der Waals surface area (Å²) >= 11 is 12.0. The predicted octanol–water partition coefficient (Wildman–Crippen LogP) is 2.51. The number of hydrogen-bond acceptors (Lipinski definition) is 2. The molecule has 2 unspecified atom stereocenters. The molecule has 94 valence electrons. The summed E-state index contributed by atoms with van der Waals surface area (Å²) < 4.78 is 0. The van der Waals surface area contributed by atoms with Gasteiger partial charge >= 0.3 is 0 Å². The van der Waals surface area contributed by atoms with E-state index < -0.39 is 0 Å². The standard InChI is InChI=1S/C13H17Cl2NO/c1-8-7-16-5-4-10(8)13(17)9-2-3-11(14)12(15)6-9/h2-3,6,8,10-12,16H,4-5,7H2,1H3/t8-,10-,11?,12?/m1/s1. The first-order chi connectivity index (χ1) is 8.09. The van der Waals surface area contributed by atoms with Crippen LogP contribution in [-0.2, 0) is 4.79 Å². The van der Waals surface area contributed by atoms with Gasteiger partial charge in [0.25, 0.3) is 0 Å². The van der Waals surface area contributed by atoms with Crippen molar-refractivity contribution in [1.29, 1.82) is 0 Å². The third-order valence-electron chi connectivity index (χ3n) is 3.51. The van der Waals surface area contributed by atoms with Crippen molar-refractivity contribution in [3.8, 4) is 0 Å². The molecule has 0 aromatic carbocycles. The second kappa shape index (κ2) is 5.55. The zero-order chi connectivity index (χ0) is 12.4. The van der Waals surface area contributed by atoms with Gasteiger partial charge in [-0.25, -0.2) is 0 Å². The fraction of sp³-hybridized carbons (Fsp3) is 0.615. The quantitative estimate of drug-likeness (QED) is 0.784. The van der Waals surface area contributed by atoms with Crippen molar-refractivity contribution in [1.82, 2.24) is 5.32 Å². The maximum Gasteiger partial charge on any atom is 0.166 e. The summed E-state index contributed by atoms with van der Waals surface area (Å²) in [5.74, 6) is 0.709. The Morgan fingerprint density at radius 3 is 2.82 bits per heavy atom. The molecule has 2 nitrogen and oxygen atoms in total. The van der Waals surface area contributed by atoms with E-state index in [0.29, 0.717) is 5.92 Å². The third-order valence-corrected chi connectivity index (χ3v) is 4.45. The van der Waals surface area contributed by atoms with E-state index >= 15 is 0 Å². The zero-order valence-corrected chi connectivity index (χ0v) is 11.3. The number of nitrogens with one attached hydrogen (secondary N) is 1. The van der Waals surface area contributed by atoms with Crippen LogP contribution in [0.1, 0.15) is 13.3 Å². The molecule has 0 spiro atoms. The number of piperidine rings is 1. The first-order valence-electron chi connectivity index (χ1n) is 6.02. The van der Waals surface area contributed by atoms with Gasteiger partial charge < -0.3 is 5.32 Å². The Morgan fingerprint density at radius 1 is 1.41 bits per heavy atom. The lowest BCUT2D eigenvalue weighted by molar-refractivity contribution is -0.121. The van der Waals surface area contributed by atoms with Crippen LogP contribution in [0.15, 0.2) is 23.8 Å². The molecule has 0 saturated carbocycles. The molecule has 1 aliphatic carbocycles. The minimum absolute atomic E-state index is 0.114. The molecule has 0 amide bonds.